The van der Waals surface area contributed by atoms with Gasteiger partial charge in [0, 0.05) is 27.7 Å². The molecule has 0 saturated carbocycles. The minimum absolute atomic E-state index is 0.0689. The molecule has 1 N–H and O–H groups in total. The lowest BCUT2D eigenvalue weighted by atomic mass is 10.1. The Balaban J connectivity index is 2.49. The topological polar surface area (TPSA) is 86.8 Å². The summed E-state index contributed by atoms with van der Waals surface area (Å²) in [5, 5.41) is 3.55. The number of hydrogen-bond acceptors (Lipinski definition) is 4. The lowest BCUT2D eigenvalue weighted by Gasteiger charge is -2.33. The molecule has 2 amide bonds. The van der Waals surface area contributed by atoms with Crippen molar-refractivity contribution in [1.29, 1.82) is 0 Å². The molecule has 0 aliphatic rings. The van der Waals surface area contributed by atoms with Crippen LogP contribution in [0.2, 0.25) is 10.0 Å². The average Bonchev–Trinajstić information content (AvgIpc) is 2.71. The van der Waals surface area contributed by atoms with Gasteiger partial charge in [-0.05, 0) is 76.9 Å². The highest BCUT2D eigenvalue weighted by molar-refractivity contribution is 7.92. The highest BCUT2D eigenvalue weighted by Gasteiger charge is 2.32. The zero-order chi connectivity index (χ0) is 26.7. The third-order valence-electron chi connectivity index (χ3n) is 5.51. The Morgan fingerprint density at radius 1 is 1.03 bits per heavy atom. The molecule has 0 aromatic heterocycles. The van der Waals surface area contributed by atoms with Crippen molar-refractivity contribution in [2.45, 2.75) is 59.7 Å². The first-order valence-corrected chi connectivity index (χ1v) is 13.7. The van der Waals surface area contributed by atoms with Crippen molar-refractivity contribution in [2.75, 3.05) is 17.1 Å². The first-order chi connectivity index (χ1) is 16.0. The molecule has 0 saturated heterocycles. The van der Waals surface area contributed by atoms with Gasteiger partial charge in [-0.1, -0.05) is 35.3 Å². The van der Waals surface area contributed by atoms with E-state index in [2.05, 4.69) is 5.32 Å². The summed E-state index contributed by atoms with van der Waals surface area (Å²) in [6, 6.07) is 9.22. The van der Waals surface area contributed by atoms with Crippen LogP contribution in [0.25, 0.3) is 0 Å². The van der Waals surface area contributed by atoms with Gasteiger partial charge in [-0.15, -0.1) is 0 Å². The minimum atomic E-state index is -3.81. The fourth-order valence-corrected chi connectivity index (χ4v) is 4.76. The standard InChI is InChI=1S/C25H33Cl2N3O4S/c1-16-11-12-19(13-17(16)2)30(35(7,33)34)15-23(31)29(18(3)24(32)28-25(4,5)6)14-20-21(26)9-8-10-22(20)27/h8-13,18H,14-15H2,1-7H3,(H,28,32)/t18-/m0/s1. The van der Waals surface area contributed by atoms with Crippen molar-refractivity contribution < 1.29 is 18.0 Å². The molecule has 1 atom stereocenters. The van der Waals surface area contributed by atoms with E-state index >= 15 is 0 Å². The normalized spacial score (nSPS) is 12.7. The Morgan fingerprint density at radius 2 is 1.60 bits per heavy atom. The van der Waals surface area contributed by atoms with Gasteiger partial charge in [0.15, 0.2) is 0 Å². The van der Waals surface area contributed by atoms with Crippen LogP contribution < -0.4 is 9.62 Å². The maximum absolute atomic E-state index is 13.6. The van der Waals surface area contributed by atoms with E-state index in [1.165, 1.54) is 4.90 Å². The van der Waals surface area contributed by atoms with Gasteiger partial charge in [0.2, 0.25) is 21.8 Å². The molecule has 7 nitrogen and oxygen atoms in total. The minimum Gasteiger partial charge on any atom is -0.350 e. The molecule has 0 heterocycles. The van der Waals surface area contributed by atoms with Crippen LogP contribution in [-0.2, 0) is 26.2 Å². The van der Waals surface area contributed by atoms with Crippen molar-refractivity contribution >= 4 is 50.7 Å². The molecular formula is C25H33Cl2N3O4S. The van der Waals surface area contributed by atoms with Gasteiger partial charge in [-0.3, -0.25) is 13.9 Å². The highest BCUT2D eigenvalue weighted by atomic mass is 35.5. The molecule has 0 aliphatic heterocycles. The Bertz CT molecular complexity index is 1190. The van der Waals surface area contributed by atoms with E-state index in [9.17, 15) is 18.0 Å². The van der Waals surface area contributed by atoms with Gasteiger partial charge >= 0.3 is 0 Å². The molecule has 2 rings (SSSR count). The Kier molecular flexibility index (Phi) is 9.25. The summed E-state index contributed by atoms with van der Waals surface area (Å²) in [6.45, 7) is 10.3. The third-order valence-corrected chi connectivity index (χ3v) is 7.36. The van der Waals surface area contributed by atoms with E-state index in [0.29, 0.717) is 21.3 Å². The fraction of sp³-hybridized carbons (Fsp3) is 0.440. The third kappa shape index (κ3) is 7.85. The molecule has 0 spiro atoms. The van der Waals surface area contributed by atoms with Crippen molar-refractivity contribution in [3.63, 3.8) is 0 Å². The second-order valence-corrected chi connectivity index (χ2v) is 12.4. The number of carbonyl (C=O) groups is 2. The molecule has 35 heavy (non-hydrogen) atoms. The number of benzene rings is 2. The van der Waals surface area contributed by atoms with Gasteiger partial charge in [0.1, 0.15) is 12.6 Å². The van der Waals surface area contributed by atoms with Crippen molar-refractivity contribution in [1.82, 2.24) is 10.2 Å². The predicted molar refractivity (Wildman–Crippen MR) is 142 cm³/mol. The lowest BCUT2D eigenvalue weighted by Crippen LogP contribution is -2.54. The molecule has 0 fully saturated rings. The van der Waals surface area contributed by atoms with Gasteiger partial charge in [0.05, 0.1) is 11.9 Å². The monoisotopic (exact) mass is 541 g/mol. The van der Waals surface area contributed by atoms with Crippen LogP contribution in [0, 0.1) is 13.8 Å². The average molecular weight is 543 g/mol. The van der Waals surface area contributed by atoms with Crippen LogP contribution in [0.1, 0.15) is 44.4 Å². The smallest absolute Gasteiger partial charge is 0.244 e. The molecule has 2 aromatic carbocycles. The first-order valence-electron chi connectivity index (χ1n) is 11.1. The number of nitrogens with zero attached hydrogens (tertiary/aromatic N) is 2. The number of rotatable bonds is 8. The highest BCUT2D eigenvalue weighted by Crippen LogP contribution is 2.27. The van der Waals surface area contributed by atoms with Crippen molar-refractivity contribution in [3.05, 3.63) is 63.1 Å². The number of nitrogens with one attached hydrogen (secondary N) is 1. The van der Waals surface area contributed by atoms with E-state index < -0.39 is 34.1 Å². The largest absolute Gasteiger partial charge is 0.350 e. The van der Waals surface area contributed by atoms with E-state index in [1.54, 1.807) is 43.3 Å². The summed E-state index contributed by atoms with van der Waals surface area (Å²) < 4.78 is 26.4. The van der Waals surface area contributed by atoms with Crippen molar-refractivity contribution in [3.8, 4) is 0 Å². The maximum Gasteiger partial charge on any atom is 0.244 e. The molecule has 0 bridgehead atoms. The zero-order valence-corrected chi connectivity index (χ0v) is 23.5. The number of hydrogen-bond donors (Lipinski definition) is 1. The van der Waals surface area contributed by atoms with Gasteiger partial charge in [-0.25, -0.2) is 8.42 Å². The van der Waals surface area contributed by atoms with Crippen molar-refractivity contribution in [2.24, 2.45) is 0 Å². The van der Waals surface area contributed by atoms with Gasteiger partial charge < -0.3 is 10.2 Å². The van der Waals surface area contributed by atoms with Gasteiger partial charge in [-0.2, -0.15) is 0 Å². The number of amides is 2. The Morgan fingerprint density at radius 3 is 2.09 bits per heavy atom. The van der Waals surface area contributed by atoms with E-state index in [-0.39, 0.29) is 12.5 Å². The summed E-state index contributed by atoms with van der Waals surface area (Å²) in [6.07, 6.45) is 1.04. The van der Waals surface area contributed by atoms with Crippen LogP contribution in [-0.4, -0.2) is 49.5 Å². The van der Waals surface area contributed by atoms with Crippen LogP contribution in [0.4, 0.5) is 5.69 Å². The molecular weight excluding hydrogens is 509 g/mol. The summed E-state index contributed by atoms with van der Waals surface area (Å²) in [4.78, 5) is 27.9. The second kappa shape index (κ2) is 11.2. The zero-order valence-electron chi connectivity index (χ0n) is 21.1. The SMILES string of the molecule is Cc1ccc(N(CC(=O)N(Cc2c(Cl)cccc2Cl)[C@@H](C)C(=O)NC(C)(C)C)S(C)(=O)=O)cc1C. The van der Waals surface area contributed by atoms with Crippen LogP contribution in [0.3, 0.4) is 0 Å². The number of aryl methyl sites for hydroxylation is 2. The summed E-state index contributed by atoms with van der Waals surface area (Å²) in [7, 11) is -3.81. The fourth-order valence-electron chi connectivity index (χ4n) is 3.40. The summed E-state index contributed by atoms with van der Waals surface area (Å²) in [5.74, 6) is -0.952. The van der Waals surface area contributed by atoms with Crippen LogP contribution in [0.15, 0.2) is 36.4 Å². The first kappa shape index (κ1) is 28.9. The number of halogens is 2. The summed E-state index contributed by atoms with van der Waals surface area (Å²) >= 11 is 12.7. The van der Waals surface area contributed by atoms with E-state index in [0.717, 1.165) is 21.7 Å². The van der Waals surface area contributed by atoms with Crippen LogP contribution >= 0.6 is 23.2 Å². The molecule has 2 aromatic rings. The Hall–Kier alpha value is -2.29. The molecule has 0 radical (unpaired) electrons. The van der Waals surface area contributed by atoms with Gasteiger partial charge in [0.25, 0.3) is 0 Å². The Labute approximate surface area is 218 Å². The maximum atomic E-state index is 13.6. The van der Waals surface area contributed by atoms with E-state index in [1.807, 2.05) is 34.6 Å². The molecule has 0 unspecified atom stereocenters. The quantitative estimate of drug-likeness (QED) is 0.524. The number of sulfonamides is 1. The molecule has 10 heteroatoms. The number of carbonyl (C=O) groups excluding carboxylic acids is 2. The lowest BCUT2D eigenvalue weighted by molar-refractivity contribution is -0.140. The molecule has 192 valence electrons. The van der Waals surface area contributed by atoms with Crippen LogP contribution in [0.5, 0.6) is 0 Å². The number of anilines is 1. The van der Waals surface area contributed by atoms with E-state index in [4.69, 9.17) is 23.2 Å². The second-order valence-electron chi connectivity index (χ2n) is 9.68. The molecule has 0 aliphatic carbocycles. The summed E-state index contributed by atoms with van der Waals surface area (Å²) in [5.41, 5.74) is 2.20. The predicted octanol–water partition coefficient (Wildman–Crippen LogP) is 4.71.